The van der Waals surface area contributed by atoms with Crippen LogP contribution in [0.5, 0.6) is 0 Å². The van der Waals surface area contributed by atoms with Crippen LogP contribution in [0.3, 0.4) is 0 Å². The maximum absolute atomic E-state index is 5.44. The molecule has 0 fully saturated rings. The van der Waals surface area contributed by atoms with Gasteiger partial charge in [-0.15, -0.1) is 0 Å². The Morgan fingerprint density at radius 1 is 0.400 bits per heavy atom. The van der Waals surface area contributed by atoms with Crippen LogP contribution in [0, 0.1) is 5.41 Å². The Balaban J connectivity index is -0.000000220. The molecule has 9 nitrogen and oxygen atoms in total. The van der Waals surface area contributed by atoms with Crippen LogP contribution in [0.25, 0.3) is 0 Å². The molecule has 248 valence electrons. The van der Waals surface area contributed by atoms with E-state index >= 15 is 0 Å². The van der Waals surface area contributed by atoms with Crippen molar-refractivity contribution in [3.63, 3.8) is 0 Å². The van der Waals surface area contributed by atoms with Crippen molar-refractivity contribution < 1.29 is 42.6 Å². The number of ether oxygens (including phenoxy) is 9. The molecule has 0 saturated carbocycles. The summed E-state index contributed by atoms with van der Waals surface area (Å²) in [7, 11) is 4.99. The summed E-state index contributed by atoms with van der Waals surface area (Å²) in [4.78, 5) is 0. The first-order valence-corrected chi connectivity index (χ1v) is 14.4. The lowest BCUT2D eigenvalue weighted by Crippen LogP contribution is -2.22. The topological polar surface area (TPSA) is 83.1 Å². The molecule has 0 aromatic rings. The van der Waals surface area contributed by atoms with Gasteiger partial charge in [0.25, 0.3) is 0 Å². The highest BCUT2D eigenvalue weighted by atomic mass is 16.7. The van der Waals surface area contributed by atoms with Gasteiger partial charge in [-0.3, -0.25) is 0 Å². The SMILES string of the molecule is CCOCCOC(C)(C)C.COCC(C)(C)C.COCCOCCOC(C)(C)C.COCOCCOC(C)(C)C. The summed E-state index contributed by atoms with van der Waals surface area (Å²) in [6.07, 6.45) is 0. The molecule has 0 aliphatic rings. The van der Waals surface area contributed by atoms with E-state index in [1.54, 1.807) is 21.3 Å². The van der Waals surface area contributed by atoms with Crippen LogP contribution in [-0.4, -0.2) is 111 Å². The van der Waals surface area contributed by atoms with Crippen molar-refractivity contribution >= 4 is 0 Å². The smallest absolute Gasteiger partial charge is 0.146 e. The number of hydrogen-bond acceptors (Lipinski definition) is 9. The molecule has 0 unspecified atom stereocenters. The Bertz CT molecular complexity index is 473. The highest BCUT2D eigenvalue weighted by Crippen LogP contribution is 2.11. The van der Waals surface area contributed by atoms with Gasteiger partial charge >= 0.3 is 0 Å². The second-order valence-electron chi connectivity index (χ2n) is 13.0. The zero-order valence-corrected chi connectivity index (χ0v) is 29.5. The van der Waals surface area contributed by atoms with E-state index in [9.17, 15) is 0 Å². The molecule has 0 radical (unpaired) electrons. The third-order valence-electron chi connectivity index (χ3n) is 3.70. The number of methoxy groups -OCH3 is 3. The minimum Gasteiger partial charge on any atom is -0.384 e. The van der Waals surface area contributed by atoms with E-state index in [1.165, 1.54) is 0 Å². The molecule has 0 aliphatic heterocycles. The van der Waals surface area contributed by atoms with Crippen molar-refractivity contribution in [1.29, 1.82) is 0 Å². The summed E-state index contributed by atoms with van der Waals surface area (Å²) < 4.78 is 46.0. The first-order valence-electron chi connectivity index (χ1n) is 14.4. The molecule has 0 bridgehead atoms. The van der Waals surface area contributed by atoms with Crippen LogP contribution in [0.2, 0.25) is 0 Å². The first kappa shape index (κ1) is 46.6. The van der Waals surface area contributed by atoms with Crippen molar-refractivity contribution in [2.24, 2.45) is 5.41 Å². The van der Waals surface area contributed by atoms with Gasteiger partial charge in [-0.05, 0) is 74.7 Å². The lowest BCUT2D eigenvalue weighted by Gasteiger charge is -2.19. The van der Waals surface area contributed by atoms with E-state index in [2.05, 4.69) is 20.8 Å². The van der Waals surface area contributed by atoms with Gasteiger partial charge in [0.2, 0.25) is 0 Å². The number of rotatable bonds is 16. The summed E-state index contributed by atoms with van der Waals surface area (Å²) in [5.74, 6) is 0. The van der Waals surface area contributed by atoms with Gasteiger partial charge in [-0.1, -0.05) is 20.8 Å². The lowest BCUT2D eigenvalue weighted by atomic mass is 9.99. The highest BCUT2D eigenvalue weighted by Gasteiger charge is 2.10. The first-order chi connectivity index (χ1) is 18.2. The van der Waals surface area contributed by atoms with Crippen LogP contribution < -0.4 is 0 Å². The predicted octanol–water partition coefficient (Wildman–Crippen LogP) is 6.40. The summed E-state index contributed by atoms with van der Waals surface area (Å²) in [6.45, 7) is 33.8. The predicted molar refractivity (Wildman–Crippen MR) is 165 cm³/mol. The average Bonchev–Trinajstić information content (AvgIpc) is 2.77. The Labute approximate surface area is 249 Å². The molecule has 0 aromatic carbocycles. The number of hydrogen-bond donors (Lipinski definition) is 0. The standard InChI is InChI=1S/C9H20O3.C8H18O3.C8H18O2.C6H14O/c1-9(2,3)12-8-7-11-6-5-10-4;1-8(2,3)11-6-5-10-7-9-4;1-5-9-6-7-10-8(2,3)4;1-6(2,3)5-7-4/h5-8H2,1-4H3;5-7H2,1-4H3;5-7H2,1-4H3;5H2,1-4H3. The molecule has 0 rings (SSSR count). The monoisotopic (exact) mass is 587 g/mol. The second-order valence-corrected chi connectivity index (χ2v) is 13.0. The van der Waals surface area contributed by atoms with Crippen molar-refractivity contribution in [3.8, 4) is 0 Å². The molecule has 0 heterocycles. The van der Waals surface area contributed by atoms with Crippen LogP contribution in [0.15, 0.2) is 0 Å². The van der Waals surface area contributed by atoms with Crippen LogP contribution in [0.4, 0.5) is 0 Å². The molecule has 40 heavy (non-hydrogen) atoms. The summed E-state index contributed by atoms with van der Waals surface area (Å²) in [5, 5.41) is 0. The van der Waals surface area contributed by atoms with Crippen LogP contribution in [-0.2, 0) is 42.6 Å². The van der Waals surface area contributed by atoms with Gasteiger partial charge in [-0.25, -0.2) is 0 Å². The van der Waals surface area contributed by atoms with E-state index in [1.807, 2.05) is 69.2 Å². The maximum atomic E-state index is 5.44. The summed E-state index contributed by atoms with van der Waals surface area (Å²) in [6, 6.07) is 0. The van der Waals surface area contributed by atoms with Crippen molar-refractivity contribution in [2.45, 2.75) is 107 Å². The van der Waals surface area contributed by atoms with E-state index in [0.717, 1.165) is 13.2 Å². The van der Waals surface area contributed by atoms with Crippen LogP contribution >= 0.6 is 0 Å². The van der Waals surface area contributed by atoms with E-state index in [4.69, 9.17) is 42.6 Å². The van der Waals surface area contributed by atoms with Crippen molar-refractivity contribution in [1.82, 2.24) is 0 Å². The van der Waals surface area contributed by atoms with Gasteiger partial charge in [-0.2, -0.15) is 0 Å². The third-order valence-corrected chi connectivity index (χ3v) is 3.70. The van der Waals surface area contributed by atoms with Gasteiger partial charge in [0.1, 0.15) is 6.79 Å². The molecule has 0 saturated heterocycles. The Morgan fingerprint density at radius 3 is 1.05 bits per heavy atom. The Hall–Kier alpha value is -0.360. The lowest BCUT2D eigenvalue weighted by molar-refractivity contribution is -0.0774. The molecular weight excluding hydrogens is 516 g/mol. The Kier molecular flexibility index (Phi) is 33.5. The van der Waals surface area contributed by atoms with Crippen molar-refractivity contribution in [2.75, 3.05) is 94.2 Å². The fourth-order valence-electron chi connectivity index (χ4n) is 2.18. The van der Waals surface area contributed by atoms with Crippen LogP contribution in [0.1, 0.15) is 90.0 Å². The maximum Gasteiger partial charge on any atom is 0.146 e. The van der Waals surface area contributed by atoms with Crippen molar-refractivity contribution in [3.05, 3.63) is 0 Å². The van der Waals surface area contributed by atoms with E-state index in [-0.39, 0.29) is 16.8 Å². The average molecular weight is 587 g/mol. The minimum atomic E-state index is -0.0730. The fourth-order valence-corrected chi connectivity index (χ4v) is 2.18. The van der Waals surface area contributed by atoms with E-state index in [0.29, 0.717) is 65.1 Å². The molecule has 0 spiro atoms. The quantitative estimate of drug-likeness (QED) is 0.151. The van der Waals surface area contributed by atoms with Gasteiger partial charge in [0.15, 0.2) is 0 Å². The molecular formula is C31H70O9. The largest absolute Gasteiger partial charge is 0.384 e. The van der Waals surface area contributed by atoms with Gasteiger partial charge in [0.05, 0.1) is 76.3 Å². The molecule has 0 aliphatic carbocycles. The molecule has 0 N–H and O–H groups in total. The van der Waals surface area contributed by atoms with Gasteiger partial charge in [0, 0.05) is 27.9 Å². The summed E-state index contributed by atoms with van der Waals surface area (Å²) in [5.41, 5.74) is 0.160. The molecule has 9 heteroatoms. The highest BCUT2D eigenvalue weighted by molar-refractivity contribution is 4.59. The second kappa shape index (κ2) is 28.7. The van der Waals surface area contributed by atoms with E-state index < -0.39 is 0 Å². The third kappa shape index (κ3) is 66.1. The normalized spacial score (nSPS) is 12.0. The van der Waals surface area contributed by atoms with Gasteiger partial charge < -0.3 is 42.6 Å². The molecule has 0 atom stereocenters. The fraction of sp³-hybridized carbons (Fsp3) is 1.00. The minimum absolute atomic E-state index is 0.0307. The molecule has 0 aromatic heterocycles. The Morgan fingerprint density at radius 2 is 0.775 bits per heavy atom. The summed E-state index contributed by atoms with van der Waals surface area (Å²) >= 11 is 0. The zero-order valence-electron chi connectivity index (χ0n) is 29.5. The zero-order chi connectivity index (χ0) is 32.1. The molecule has 0 amide bonds.